The summed E-state index contributed by atoms with van der Waals surface area (Å²) in [4.78, 5) is 15.6. The Hall–Kier alpha value is -2.79. The zero-order valence-corrected chi connectivity index (χ0v) is 13.2. The minimum atomic E-state index is -0.452. The summed E-state index contributed by atoms with van der Waals surface area (Å²) in [6.45, 7) is 0. The van der Waals surface area contributed by atoms with E-state index in [0.717, 1.165) is 27.7 Å². The summed E-state index contributed by atoms with van der Waals surface area (Å²) < 4.78 is 4.93. The quantitative estimate of drug-likeness (QED) is 0.634. The van der Waals surface area contributed by atoms with Crippen molar-refractivity contribution in [3.63, 3.8) is 0 Å². The number of esters is 1. The van der Waals surface area contributed by atoms with E-state index in [0.29, 0.717) is 6.42 Å². The predicted molar refractivity (Wildman–Crippen MR) is 90.9 cm³/mol. The maximum absolute atomic E-state index is 12.1. The van der Waals surface area contributed by atoms with Crippen molar-refractivity contribution < 1.29 is 14.6 Å². The minimum absolute atomic E-state index is 0.199. The van der Waals surface area contributed by atoms with Crippen molar-refractivity contribution in [2.24, 2.45) is 0 Å². The Morgan fingerprint density at radius 3 is 2.71 bits per heavy atom. The van der Waals surface area contributed by atoms with E-state index in [1.807, 2.05) is 36.4 Å². The Bertz CT molecular complexity index is 916. The Morgan fingerprint density at radius 1 is 1.17 bits per heavy atom. The van der Waals surface area contributed by atoms with Gasteiger partial charge in [0, 0.05) is 28.6 Å². The molecule has 0 fully saturated rings. The molecule has 24 heavy (non-hydrogen) atoms. The SMILES string of the molecule is COC(=O)C1Cc2c([nH]c3ccccc23)C(c2ccccc2O)N1. The molecule has 0 aliphatic carbocycles. The number of rotatable bonds is 2. The van der Waals surface area contributed by atoms with E-state index in [4.69, 9.17) is 4.74 Å². The van der Waals surface area contributed by atoms with Gasteiger partial charge in [-0.15, -0.1) is 0 Å². The van der Waals surface area contributed by atoms with E-state index in [1.54, 1.807) is 12.1 Å². The van der Waals surface area contributed by atoms with Gasteiger partial charge in [-0.05, 0) is 17.7 Å². The van der Waals surface area contributed by atoms with Crippen molar-refractivity contribution in [3.8, 4) is 5.75 Å². The van der Waals surface area contributed by atoms with Crippen LogP contribution in [0.15, 0.2) is 48.5 Å². The third-order valence-electron chi connectivity index (χ3n) is 4.64. The van der Waals surface area contributed by atoms with E-state index in [1.165, 1.54) is 7.11 Å². The van der Waals surface area contributed by atoms with Crippen molar-refractivity contribution in [1.29, 1.82) is 0 Å². The Morgan fingerprint density at radius 2 is 1.92 bits per heavy atom. The van der Waals surface area contributed by atoms with Gasteiger partial charge in [-0.2, -0.15) is 0 Å². The summed E-state index contributed by atoms with van der Waals surface area (Å²) in [7, 11) is 1.39. The van der Waals surface area contributed by atoms with Crippen LogP contribution in [0.2, 0.25) is 0 Å². The van der Waals surface area contributed by atoms with Crippen LogP contribution in [-0.2, 0) is 16.0 Å². The maximum atomic E-state index is 12.1. The number of methoxy groups -OCH3 is 1. The molecule has 2 atom stereocenters. The van der Waals surface area contributed by atoms with Gasteiger partial charge < -0.3 is 14.8 Å². The molecule has 3 N–H and O–H groups in total. The number of phenolic OH excluding ortho intramolecular Hbond substituents is 1. The fourth-order valence-corrected chi connectivity index (χ4v) is 3.51. The monoisotopic (exact) mass is 322 g/mol. The first-order chi connectivity index (χ1) is 11.7. The van der Waals surface area contributed by atoms with Crippen molar-refractivity contribution in [1.82, 2.24) is 10.3 Å². The fourth-order valence-electron chi connectivity index (χ4n) is 3.51. The van der Waals surface area contributed by atoms with Crippen LogP contribution in [0.5, 0.6) is 5.75 Å². The molecule has 1 aliphatic heterocycles. The summed E-state index contributed by atoms with van der Waals surface area (Å²) in [5.41, 5.74) is 3.83. The smallest absolute Gasteiger partial charge is 0.323 e. The molecule has 122 valence electrons. The molecule has 5 heteroatoms. The second kappa shape index (κ2) is 5.69. The highest BCUT2D eigenvalue weighted by Gasteiger charge is 2.35. The van der Waals surface area contributed by atoms with Crippen LogP contribution in [0, 0.1) is 0 Å². The van der Waals surface area contributed by atoms with E-state index < -0.39 is 6.04 Å². The molecular formula is C19H18N2O3. The Balaban J connectivity index is 1.90. The molecule has 0 saturated heterocycles. The van der Waals surface area contributed by atoms with E-state index in [2.05, 4.69) is 10.3 Å². The molecular weight excluding hydrogens is 304 g/mol. The standard InChI is InChI=1S/C19H18N2O3/c1-24-19(23)15-10-13-11-6-2-4-8-14(11)20-18(13)17(21-15)12-7-3-5-9-16(12)22/h2-9,15,17,20-22H,10H2,1H3. The van der Waals surface area contributed by atoms with Gasteiger partial charge in [0.15, 0.2) is 0 Å². The largest absolute Gasteiger partial charge is 0.508 e. The highest BCUT2D eigenvalue weighted by atomic mass is 16.5. The van der Waals surface area contributed by atoms with Gasteiger partial charge in [0.05, 0.1) is 13.2 Å². The fraction of sp³-hybridized carbons (Fsp3) is 0.211. The van der Waals surface area contributed by atoms with Gasteiger partial charge in [0.2, 0.25) is 0 Å². The van der Waals surface area contributed by atoms with Crippen LogP contribution in [-0.4, -0.2) is 29.2 Å². The minimum Gasteiger partial charge on any atom is -0.508 e. The molecule has 0 bridgehead atoms. The first kappa shape index (κ1) is 14.8. The number of aromatic nitrogens is 1. The second-order valence-corrected chi connectivity index (χ2v) is 6.00. The average Bonchev–Trinajstić information content (AvgIpc) is 2.99. The van der Waals surface area contributed by atoms with Gasteiger partial charge in [-0.1, -0.05) is 36.4 Å². The lowest BCUT2D eigenvalue weighted by molar-refractivity contribution is -0.143. The van der Waals surface area contributed by atoms with E-state index in [-0.39, 0.29) is 17.8 Å². The molecule has 0 saturated carbocycles. The number of hydrogen-bond donors (Lipinski definition) is 3. The van der Waals surface area contributed by atoms with Crippen LogP contribution >= 0.6 is 0 Å². The van der Waals surface area contributed by atoms with E-state index >= 15 is 0 Å². The van der Waals surface area contributed by atoms with Crippen LogP contribution in [0.1, 0.15) is 22.9 Å². The van der Waals surface area contributed by atoms with Crippen molar-refractivity contribution >= 4 is 16.9 Å². The number of phenols is 1. The molecule has 0 amide bonds. The molecule has 3 aromatic rings. The highest BCUT2D eigenvalue weighted by Crippen LogP contribution is 2.37. The highest BCUT2D eigenvalue weighted by molar-refractivity contribution is 5.87. The lowest BCUT2D eigenvalue weighted by atomic mass is 9.90. The molecule has 2 aromatic carbocycles. The molecule has 1 aromatic heterocycles. The lowest BCUT2D eigenvalue weighted by Crippen LogP contribution is -2.45. The Labute approximate surface area is 139 Å². The third kappa shape index (κ3) is 2.25. The Kier molecular flexibility index (Phi) is 3.50. The molecule has 5 nitrogen and oxygen atoms in total. The summed E-state index contributed by atoms with van der Waals surface area (Å²) in [6.07, 6.45) is 0.552. The van der Waals surface area contributed by atoms with Gasteiger partial charge in [0.25, 0.3) is 0 Å². The number of benzene rings is 2. The number of carbonyl (C=O) groups excluding carboxylic acids is 1. The number of H-pyrrole nitrogens is 1. The number of fused-ring (bicyclic) bond motifs is 3. The summed E-state index contributed by atoms with van der Waals surface area (Å²) in [5, 5.41) is 14.7. The molecule has 2 heterocycles. The van der Waals surface area contributed by atoms with Crippen LogP contribution in [0.3, 0.4) is 0 Å². The zero-order chi connectivity index (χ0) is 16.7. The average molecular weight is 322 g/mol. The maximum Gasteiger partial charge on any atom is 0.323 e. The lowest BCUT2D eigenvalue weighted by Gasteiger charge is -2.30. The van der Waals surface area contributed by atoms with Gasteiger partial charge in [0.1, 0.15) is 11.8 Å². The van der Waals surface area contributed by atoms with Crippen molar-refractivity contribution in [3.05, 3.63) is 65.4 Å². The van der Waals surface area contributed by atoms with Gasteiger partial charge in [-0.25, -0.2) is 0 Å². The number of para-hydroxylation sites is 2. The number of carbonyl (C=O) groups is 1. The molecule has 4 rings (SSSR count). The first-order valence-electron chi connectivity index (χ1n) is 7.90. The molecule has 0 spiro atoms. The molecule has 0 radical (unpaired) electrons. The number of nitrogens with one attached hydrogen (secondary N) is 2. The summed E-state index contributed by atoms with van der Waals surface area (Å²) >= 11 is 0. The number of aromatic amines is 1. The first-order valence-corrected chi connectivity index (χ1v) is 7.90. The predicted octanol–water partition coefficient (Wildman–Crippen LogP) is 2.65. The normalized spacial score (nSPS) is 19.9. The van der Waals surface area contributed by atoms with Gasteiger partial charge in [-0.3, -0.25) is 10.1 Å². The number of hydrogen-bond acceptors (Lipinski definition) is 4. The van der Waals surface area contributed by atoms with Crippen LogP contribution in [0.4, 0.5) is 0 Å². The van der Waals surface area contributed by atoms with Crippen LogP contribution < -0.4 is 5.32 Å². The van der Waals surface area contributed by atoms with Crippen molar-refractivity contribution in [2.75, 3.05) is 7.11 Å². The van der Waals surface area contributed by atoms with Crippen LogP contribution in [0.25, 0.3) is 10.9 Å². The zero-order valence-electron chi connectivity index (χ0n) is 13.2. The third-order valence-corrected chi connectivity index (χ3v) is 4.64. The topological polar surface area (TPSA) is 74.4 Å². The van der Waals surface area contributed by atoms with Crippen molar-refractivity contribution in [2.45, 2.75) is 18.5 Å². The number of aromatic hydroxyl groups is 1. The van der Waals surface area contributed by atoms with Gasteiger partial charge >= 0.3 is 5.97 Å². The molecule has 2 unspecified atom stereocenters. The molecule has 1 aliphatic rings. The summed E-state index contributed by atoms with van der Waals surface area (Å²) in [5.74, 6) is -0.100. The summed E-state index contributed by atoms with van der Waals surface area (Å²) in [6, 6.07) is 14.5. The number of ether oxygens (including phenoxy) is 1. The van der Waals surface area contributed by atoms with E-state index in [9.17, 15) is 9.90 Å². The second-order valence-electron chi connectivity index (χ2n) is 6.00.